The first-order chi connectivity index (χ1) is 11.2. The van der Waals surface area contributed by atoms with Crippen molar-refractivity contribution < 1.29 is 14.2 Å². The van der Waals surface area contributed by atoms with Gasteiger partial charge in [-0.05, 0) is 49.2 Å². The molecule has 23 heavy (non-hydrogen) atoms. The van der Waals surface area contributed by atoms with Gasteiger partial charge in [-0.15, -0.1) is 0 Å². The van der Waals surface area contributed by atoms with E-state index in [0.29, 0.717) is 13.2 Å². The van der Waals surface area contributed by atoms with Gasteiger partial charge in [-0.2, -0.15) is 0 Å². The van der Waals surface area contributed by atoms with Crippen molar-refractivity contribution in [1.29, 1.82) is 0 Å². The Balaban J connectivity index is 2.25. The summed E-state index contributed by atoms with van der Waals surface area (Å²) in [4.78, 5) is 0. The molecular weight excluding hydrogens is 290 g/mol. The maximum absolute atomic E-state index is 6.01. The van der Waals surface area contributed by atoms with Crippen LogP contribution in [0.25, 0.3) is 0 Å². The molecule has 0 aromatic heterocycles. The highest BCUT2D eigenvalue weighted by molar-refractivity contribution is 5.47. The van der Waals surface area contributed by atoms with E-state index in [0.717, 1.165) is 29.2 Å². The zero-order valence-electron chi connectivity index (χ0n) is 14.0. The minimum Gasteiger partial charge on any atom is -0.497 e. The molecule has 0 fully saturated rings. The summed E-state index contributed by atoms with van der Waals surface area (Å²) >= 11 is 0. The van der Waals surface area contributed by atoms with E-state index >= 15 is 0 Å². The molecule has 4 heteroatoms. The second-order valence-electron chi connectivity index (χ2n) is 5.29. The molecule has 0 aliphatic carbocycles. The number of para-hydroxylation sites is 1. The molecule has 0 aliphatic heterocycles. The van der Waals surface area contributed by atoms with Gasteiger partial charge < -0.3 is 19.9 Å². The van der Waals surface area contributed by atoms with Gasteiger partial charge in [-0.25, -0.2) is 0 Å². The predicted octanol–water partition coefficient (Wildman–Crippen LogP) is 3.39. The monoisotopic (exact) mass is 315 g/mol. The summed E-state index contributed by atoms with van der Waals surface area (Å²) in [5.41, 5.74) is 8.30. The highest BCUT2D eigenvalue weighted by Gasteiger charge is 2.16. The summed E-state index contributed by atoms with van der Waals surface area (Å²) < 4.78 is 16.4. The van der Waals surface area contributed by atoms with Crippen LogP contribution in [0.2, 0.25) is 0 Å². The molecule has 0 radical (unpaired) electrons. The van der Waals surface area contributed by atoms with Crippen molar-refractivity contribution in [2.45, 2.75) is 19.3 Å². The van der Waals surface area contributed by atoms with Crippen LogP contribution in [0, 0.1) is 0 Å². The van der Waals surface area contributed by atoms with Crippen LogP contribution in [0.3, 0.4) is 0 Å². The number of benzene rings is 2. The third kappa shape index (κ3) is 4.17. The number of hydrogen-bond acceptors (Lipinski definition) is 4. The topological polar surface area (TPSA) is 53.7 Å². The molecule has 0 spiro atoms. The normalized spacial score (nSPS) is 11.8. The van der Waals surface area contributed by atoms with Gasteiger partial charge >= 0.3 is 0 Å². The van der Waals surface area contributed by atoms with E-state index in [9.17, 15) is 0 Å². The van der Waals surface area contributed by atoms with E-state index in [1.54, 1.807) is 14.2 Å². The molecule has 0 saturated heterocycles. The first-order valence-corrected chi connectivity index (χ1v) is 7.86. The number of rotatable bonds is 8. The standard InChI is InChI=1S/C19H25NO3/c1-4-23-18-7-5-6-15(19(18)22-3)12-16(13-20)14-8-10-17(21-2)11-9-14/h5-11,16H,4,12-13,20H2,1-3H3. The molecule has 1 atom stereocenters. The average molecular weight is 315 g/mol. The lowest BCUT2D eigenvalue weighted by molar-refractivity contribution is 0.309. The largest absolute Gasteiger partial charge is 0.497 e. The van der Waals surface area contributed by atoms with Gasteiger partial charge in [0.05, 0.1) is 20.8 Å². The van der Waals surface area contributed by atoms with Gasteiger partial charge in [0.1, 0.15) is 5.75 Å². The third-order valence-corrected chi connectivity index (χ3v) is 3.90. The van der Waals surface area contributed by atoms with Crippen LogP contribution in [0.5, 0.6) is 17.2 Å². The van der Waals surface area contributed by atoms with Crippen LogP contribution < -0.4 is 19.9 Å². The summed E-state index contributed by atoms with van der Waals surface area (Å²) in [6.45, 7) is 3.14. The van der Waals surface area contributed by atoms with Crippen molar-refractivity contribution in [3.8, 4) is 17.2 Å². The van der Waals surface area contributed by atoms with E-state index < -0.39 is 0 Å². The van der Waals surface area contributed by atoms with E-state index in [4.69, 9.17) is 19.9 Å². The van der Waals surface area contributed by atoms with Crippen LogP contribution in [0.4, 0.5) is 0 Å². The summed E-state index contributed by atoms with van der Waals surface area (Å²) in [6, 6.07) is 14.0. The van der Waals surface area contributed by atoms with Gasteiger partial charge in [0.15, 0.2) is 11.5 Å². The lowest BCUT2D eigenvalue weighted by Crippen LogP contribution is -2.15. The van der Waals surface area contributed by atoms with Crippen molar-refractivity contribution in [2.24, 2.45) is 5.73 Å². The maximum Gasteiger partial charge on any atom is 0.163 e. The van der Waals surface area contributed by atoms with E-state index in [-0.39, 0.29) is 5.92 Å². The maximum atomic E-state index is 6.01. The second kappa shape index (κ2) is 8.44. The minimum atomic E-state index is 0.215. The molecule has 1 unspecified atom stereocenters. The Kier molecular flexibility index (Phi) is 6.29. The Labute approximate surface area is 138 Å². The Bertz CT molecular complexity index is 611. The van der Waals surface area contributed by atoms with Gasteiger partial charge in [0.2, 0.25) is 0 Å². The SMILES string of the molecule is CCOc1cccc(CC(CN)c2ccc(OC)cc2)c1OC. The second-order valence-corrected chi connectivity index (χ2v) is 5.29. The van der Waals surface area contributed by atoms with Crippen LogP contribution in [-0.2, 0) is 6.42 Å². The fraction of sp³-hybridized carbons (Fsp3) is 0.368. The van der Waals surface area contributed by atoms with E-state index in [1.807, 2.05) is 31.2 Å². The van der Waals surface area contributed by atoms with Crippen LogP contribution in [0.15, 0.2) is 42.5 Å². The fourth-order valence-electron chi connectivity index (χ4n) is 2.70. The number of hydrogen-bond donors (Lipinski definition) is 1. The number of ether oxygens (including phenoxy) is 3. The molecule has 124 valence electrons. The zero-order valence-corrected chi connectivity index (χ0v) is 14.0. The summed E-state index contributed by atoms with van der Waals surface area (Å²) in [7, 11) is 3.34. The quantitative estimate of drug-likeness (QED) is 0.811. The van der Waals surface area contributed by atoms with E-state index in [1.165, 1.54) is 5.56 Å². The van der Waals surface area contributed by atoms with Gasteiger partial charge in [0.25, 0.3) is 0 Å². The zero-order chi connectivity index (χ0) is 16.7. The average Bonchev–Trinajstić information content (AvgIpc) is 2.60. The van der Waals surface area contributed by atoms with Crippen molar-refractivity contribution in [2.75, 3.05) is 27.4 Å². The summed E-state index contributed by atoms with van der Waals surface area (Å²) in [5, 5.41) is 0. The molecular formula is C19H25NO3. The highest BCUT2D eigenvalue weighted by Crippen LogP contribution is 2.34. The lowest BCUT2D eigenvalue weighted by atomic mass is 9.91. The molecule has 2 aromatic carbocycles. The van der Waals surface area contributed by atoms with Crippen LogP contribution in [0.1, 0.15) is 24.0 Å². The molecule has 0 saturated carbocycles. The van der Waals surface area contributed by atoms with Gasteiger partial charge in [-0.1, -0.05) is 24.3 Å². The smallest absolute Gasteiger partial charge is 0.163 e. The molecule has 0 aliphatic rings. The Morgan fingerprint density at radius 1 is 1.00 bits per heavy atom. The highest BCUT2D eigenvalue weighted by atomic mass is 16.5. The summed E-state index contributed by atoms with van der Waals surface area (Å²) in [5.74, 6) is 2.63. The molecule has 0 bridgehead atoms. The molecule has 2 N–H and O–H groups in total. The van der Waals surface area contributed by atoms with Crippen molar-refractivity contribution in [1.82, 2.24) is 0 Å². The van der Waals surface area contributed by atoms with Crippen LogP contribution in [-0.4, -0.2) is 27.4 Å². The Morgan fingerprint density at radius 3 is 2.30 bits per heavy atom. The third-order valence-electron chi connectivity index (χ3n) is 3.90. The van der Waals surface area contributed by atoms with Crippen molar-refractivity contribution >= 4 is 0 Å². The molecule has 0 heterocycles. The first kappa shape index (κ1) is 17.2. The number of nitrogens with two attached hydrogens (primary N) is 1. The van der Waals surface area contributed by atoms with Crippen molar-refractivity contribution in [3.63, 3.8) is 0 Å². The van der Waals surface area contributed by atoms with Crippen LogP contribution >= 0.6 is 0 Å². The summed E-state index contributed by atoms with van der Waals surface area (Å²) in [6.07, 6.45) is 0.799. The molecule has 2 aromatic rings. The first-order valence-electron chi connectivity index (χ1n) is 7.86. The molecule has 4 nitrogen and oxygen atoms in total. The minimum absolute atomic E-state index is 0.215. The van der Waals surface area contributed by atoms with Gasteiger partial charge in [-0.3, -0.25) is 0 Å². The lowest BCUT2D eigenvalue weighted by Gasteiger charge is -2.19. The Hall–Kier alpha value is -2.20. The number of methoxy groups -OCH3 is 2. The predicted molar refractivity (Wildman–Crippen MR) is 92.7 cm³/mol. The Morgan fingerprint density at radius 2 is 1.74 bits per heavy atom. The molecule has 2 rings (SSSR count). The van der Waals surface area contributed by atoms with Crippen molar-refractivity contribution in [3.05, 3.63) is 53.6 Å². The fourth-order valence-corrected chi connectivity index (χ4v) is 2.70. The van der Waals surface area contributed by atoms with Gasteiger partial charge in [0, 0.05) is 5.92 Å². The molecule has 0 amide bonds. The van der Waals surface area contributed by atoms with E-state index in [2.05, 4.69) is 18.2 Å².